The number of halogens is 1. The van der Waals surface area contributed by atoms with Crippen molar-refractivity contribution >= 4 is 62.0 Å². The van der Waals surface area contributed by atoms with Crippen LogP contribution in [0.5, 0.6) is 5.75 Å². The molecule has 0 radical (unpaired) electrons. The van der Waals surface area contributed by atoms with Gasteiger partial charge in [0.2, 0.25) is 0 Å². The number of hydrogen-bond donors (Lipinski definition) is 5. The van der Waals surface area contributed by atoms with E-state index >= 15 is 0 Å². The Morgan fingerprint density at radius 2 is 1.57 bits per heavy atom. The number of aromatic hydroxyl groups is 1. The number of carbonyl (C=O) groups is 3. The van der Waals surface area contributed by atoms with E-state index in [4.69, 9.17) is 5.11 Å². The third-order valence-corrected chi connectivity index (χ3v) is 8.34. The van der Waals surface area contributed by atoms with E-state index in [0.717, 1.165) is 26.9 Å². The summed E-state index contributed by atoms with van der Waals surface area (Å²) < 4.78 is 0.940. The van der Waals surface area contributed by atoms with Gasteiger partial charge in [-0.1, -0.05) is 40.2 Å². The molecule has 2 aromatic carbocycles. The monoisotopic (exact) mass is 640 g/mol. The van der Waals surface area contributed by atoms with Crippen molar-refractivity contribution in [2.45, 2.75) is 13.5 Å². The van der Waals surface area contributed by atoms with Gasteiger partial charge >= 0.3 is 0 Å². The molecule has 0 saturated heterocycles. The zero-order chi connectivity index (χ0) is 28.6. The average molecular weight is 642 g/mol. The third-order valence-electron chi connectivity index (χ3n) is 5.71. The first kappa shape index (κ1) is 29.2. The van der Waals surface area contributed by atoms with Gasteiger partial charge in [-0.3, -0.25) is 14.4 Å². The van der Waals surface area contributed by atoms with Crippen molar-refractivity contribution in [2.75, 3.05) is 13.2 Å². The van der Waals surface area contributed by atoms with Crippen LogP contribution in [-0.2, 0) is 6.54 Å². The van der Waals surface area contributed by atoms with Crippen LogP contribution in [-0.4, -0.2) is 46.8 Å². The van der Waals surface area contributed by atoms with Crippen molar-refractivity contribution in [1.82, 2.24) is 16.1 Å². The molecule has 0 fully saturated rings. The van der Waals surface area contributed by atoms with E-state index in [2.05, 4.69) is 37.1 Å². The number of benzene rings is 2. The van der Waals surface area contributed by atoms with Gasteiger partial charge in [-0.2, -0.15) is 5.10 Å². The molecular formula is C28H25BrN4O5S2. The number of rotatable bonds is 10. The fraction of sp³-hybridized carbons (Fsp3) is 0.143. The molecule has 2 heterocycles. The Bertz CT molecular complexity index is 1550. The zero-order valence-corrected chi connectivity index (χ0v) is 24.5. The van der Waals surface area contributed by atoms with Crippen molar-refractivity contribution in [2.24, 2.45) is 5.10 Å². The molecule has 12 heteroatoms. The molecule has 9 nitrogen and oxygen atoms in total. The molecule has 0 spiro atoms. The molecule has 0 bridgehead atoms. The molecule has 40 heavy (non-hydrogen) atoms. The van der Waals surface area contributed by atoms with Crippen LogP contribution in [0, 0.1) is 0 Å². The molecule has 2 aromatic heterocycles. The second-order valence-electron chi connectivity index (χ2n) is 8.50. The van der Waals surface area contributed by atoms with Gasteiger partial charge in [-0.15, -0.1) is 22.7 Å². The Morgan fingerprint density at radius 1 is 0.900 bits per heavy atom. The van der Waals surface area contributed by atoms with Gasteiger partial charge in [0.25, 0.3) is 17.7 Å². The van der Waals surface area contributed by atoms with Crippen LogP contribution in [0.25, 0.3) is 10.4 Å². The number of hydrazone groups is 1. The number of nitrogens with zero attached hydrogens (tertiary/aromatic N) is 1. The molecule has 5 N–H and O–H groups in total. The van der Waals surface area contributed by atoms with E-state index in [9.17, 15) is 19.5 Å². The number of nitrogens with one attached hydrogen (secondary N) is 3. The standard InChI is InChI=1S/C28H25BrN4O5S2/c1-16(21-15-39-25(24(21)35)18-6-8-20(29)9-7-18)32-33-28(38)23-11-10-22(40-23)27(37)31-14-17-2-4-19(5-3-17)26(36)30-12-13-34/h2-11,15,34-35H,12-14H2,1H3,(H,30,36)(H,31,37)(H,33,38)/b32-16+. The first-order valence-electron chi connectivity index (χ1n) is 12.0. The summed E-state index contributed by atoms with van der Waals surface area (Å²) in [6, 6.07) is 17.4. The quantitative estimate of drug-likeness (QED) is 0.126. The Morgan fingerprint density at radius 3 is 2.25 bits per heavy atom. The van der Waals surface area contributed by atoms with E-state index in [1.807, 2.05) is 24.3 Å². The van der Waals surface area contributed by atoms with Gasteiger partial charge in [-0.25, -0.2) is 5.43 Å². The smallest absolute Gasteiger partial charge is 0.281 e. The Hall–Kier alpha value is -3.84. The highest BCUT2D eigenvalue weighted by Crippen LogP contribution is 2.39. The van der Waals surface area contributed by atoms with Gasteiger partial charge in [0.1, 0.15) is 5.75 Å². The summed E-state index contributed by atoms with van der Waals surface area (Å²) in [6.45, 7) is 1.97. The molecule has 4 aromatic rings. The molecule has 0 aliphatic heterocycles. The Balaban J connectivity index is 1.32. The first-order chi connectivity index (χ1) is 19.3. The second-order valence-corrected chi connectivity index (χ2v) is 11.4. The lowest BCUT2D eigenvalue weighted by molar-refractivity contribution is 0.0939. The zero-order valence-electron chi connectivity index (χ0n) is 21.2. The predicted molar refractivity (Wildman–Crippen MR) is 160 cm³/mol. The molecule has 0 aliphatic carbocycles. The summed E-state index contributed by atoms with van der Waals surface area (Å²) >= 11 is 5.81. The number of thiophene rings is 2. The normalized spacial score (nSPS) is 11.2. The topological polar surface area (TPSA) is 140 Å². The highest BCUT2D eigenvalue weighted by Gasteiger charge is 2.17. The van der Waals surface area contributed by atoms with Crippen LogP contribution >= 0.6 is 38.6 Å². The summed E-state index contributed by atoms with van der Waals surface area (Å²) in [5.41, 5.74) is 5.57. The maximum absolute atomic E-state index is 12.6. The van der Waals surface area contributed by atoms with Gasteiger partial charge in [0.05, 0.1) is 32.5 Å². The van der Waals surface area contributed by atoms with Crippen molar-refractivity contribution in [1.29, 1.82) is 0 Å². The van der Waals surface area contributed by atoms with Crippen molar-refractivity contribution in [3.8, 4) is 16.2 Å². The summed E-state index contributed by atoms with van der Waals surface area (Å²) in [5.74, 6) is -0.998. The van der Waals surface area contributed by atoms with E-state index in [1.54, 1.807) is 48.7 Å². The largest absolute Gasteiger partial charge is 0.506 e. The van der Waals surface area contributed by atoms with E-state index in [1.165, 1.54) is 11.3 Å². The molecule has 0 unspecified atom stereocenters. The van der Waals surface area contributed by atoms with Crippen molar-refractivity contribution in [3.05, 3.63) is 97.0 Å². The van der Waals surface area contributed by atoms with Crippen LogP contribution in [0.2, 0.25) is 0 Å². The first-order valence-corrected chi connectivity index (χ1v) is 14.5. The van der Waals surface area contributed by atoms with Crippen LogP contribution in [0.1, 0.15) is 47.8 Å². The summed E-state index contributed by atoms with van der Waals surface area (Å²) in [4.78, 5) is 38.5. The lowest BCUT2D eigenvalue weighted by Gasteiger charge is -2.06. The maximum Gasteiger partial charge on any atom is 0.281 e. The van der Waals surface area contributed by atoms with Gasteiger partial charge in [0.15, 0.2) is 0 Å². The van der Waals surface area contributed by atoms with Crippen molar-refractivity contribution < 1.29 is 24.6 Å². The third kappa shape index (κ3) is 7.21. The molecule has 0 saturated carbocycles. The maximum atomic E-state index is 12.6. The highest BCUT2D eigenvalue weighted by molar-refractivity contribution is 9.10. The minimum atomic E-state index is -0.471. The number of aliphatic hydroxyl groups is 1. The fourth-order valence-corrected chi connectivity index (χ4v) is 5.65. The Kier molecular flexibility index (Phi) is 9.83. The molecule has 4 rings (SSSR count). The molecule has 3 amide bonds. The SMILES string of the molecule is C/C(=N\NC(=O)c1ccc(C(=O)NCc2ccc(C(=O)NCCO)cc2)s1)c1csc(-c2ccc(Br)cc2)c1O. The highest BCUT2D eigenvalue weighted by atomic mass is 79.9. The lowest BCUT2D eigenvalue weighted by Crippen LogP contribution is -2.26. The molecule has 0 atom stereocenters. The minimum Gasteiger partial charge on any atom is -0.506 e. The lowest BCUT2D eigenvalue weighted by atomic mass is 10.1. The van der Waals surface area contributed by atoms with Crippen molar-refractivity contribution in [3.63, 3.8) is 0 Å². The number of hydrogen-bond acceptors (Lipinski definition) is 8. The van der Waals surface area contributed by atoms with Gasteiger partial charge < -0.3 is 20.8 Å². The van der Waals surface area contributed by atoms with Crippen LogP contribution < -0.4 is 16.1 Å². The van der Waals surface area contributed by atoms with Gasteiger partial charge in [-0.05, 0) is 54.4 Å². The Labute approximate surface area is 246 Å². The number of amides is 3. The summed E-state index contributed by atoms with van der Waals surface area (Å²) in [5, 5.41) is 30.8. The van der Waals surface area contributed by atoms with E-state index < -0.39 is 5.91 Å². The van der Waals surface area contributed by atoms with E-state index in [0.29, 0.717) is 31.5 Å². The predicted octanol–water partition coefficient (Wildman–Crippen LogP) is 4.75. The molecule has 206 valence electrons. The minimum absolute atomic E-state index is 0.0949. The average Bonchev–Trinajstić information content (AvgIpc) is 3.61. The number of carbonyl (C=O) groups excluding carboxylic acids is 3. The molecular weight excluding hydrogens is 616 g/mol. The van der Waals surface area contributed by atoms with Crippen LogP contribution in [0.15, 0.2) is 75.6 Å². The van der Waals surface area contributed by atoms with E-state index in [-0.39, 0.29) is 37.3 Å². The summed E-state index contributed by atoms with van der Waals surface area (Å²) in [6.07, 6.45) is 0. The van der Waals surface area contributed by atoms with Crippen LogP contribution in [0.4, 0.5) is 0 Å². The molecule has 0 aliphatic rings. The summed E-state index contributed by atoms with van der Waals surface area (Å²) in [7, 11) is 0. The second kappa shape index (κ2) is 13.5. The fourth-order valence-electron chi connectivity index (χ4n) is 3.56. The van der Waals surface area contributed by atoms with Gasteiger partial charge in [0, 0.05) is 28.5 Å². The van der Waals surface area contributed by atoms with Crippen LogP contribution in [0.3, 0.4) is 0 Å². The number of aliphatic hydroxyl groups excluding tert-OH is 1.